The molecule has 66 valence electrons. The molecule has 1 unspecified atom stereocenters. The second-order valence-electron chi connectivity index (χ2n) is 1.82. The Morgan fingerprint density at radius 3 is 2.82 bits per heavy atom. The normalized spacial score (nSPS) is 11.1. The molecule has 0 rings (SSSR count). The van der Waals surface area contributed by atoms with Crippen molar-refractivity contribution < 1.29 is 14.7 Å². The van der Waals surface area contributed by atoms with Crippen LogP contribution in [0, 0.1) is 0 Å². The molecule has 0 radical (unpaired) electrons. The minimum atomic E-state index is -0.555. The van der Waals surface area contributed by atoms with Crippen LogP contribution in [0.4, 0.5) is 0 Å². The van der Waals surface area contributed by atoms with Crippen LogP contribution in [-0.2, 0) is 9.63 Å². The number of aliphatic hydroxyl groups excluding tert-OH is 1. The van der Waals surface area contributed by atoms with Gasteiger partial charge in [-0.2, -0.15) is 5.48 Å². The molecule has 4 nitrogen and oxygen atoms in total. The van der Waals surface area contributed by atoms with Gasteiger partial charge in [0.05, 0.1) is 12.6 Å². The van der Waals surface area contributed by atoms with Crippen LogP contribution in [0.2, 0.25) is 0 Å². The molecular weight excluding hydrogens is 170 g/mol. The Bertz CT molecular complexity index is 127. The molecule has 0 bridgehead atoms. The van der Waals surface area contributed by atoms with Gasteiger partial charge in [-0.1, -0.05) is 6.58 Å². The van der Waals surface area contributed by atoms with Crippen molar-refractivity contribution in [3.05, 3.63) is 12.7 Å². The van der Waals surface area contributed by atoms with E-state index in [1.54, 1.807) is 6.92 Å². The SMILES string of the molecule is C=CC(=O)ONCC(C)O.Cl. The summed E-state index contributed by atoms with van der Waals surface area (Å²) < 4.78 is 0. The predicted molar refractivity (Wildman–Crippen MR) is 43.2 cm³/mol. The van der Waals surface area contributed by atoms with E-state index in [4.69, 9.17) is 5.11 Å². The molecule has 0 aromatic heterocycles. The van der Waals surface area contributed by atoms with Crippen molar-refractivity contribution in [2.75, 3.05) is 6.54 Å². The van der Waals surface area contributed by atoms with Gasteiger partial charge in [-0.05, 0) is 6.92 Å². The Morgan fingerprint density at radius 1 is 1.91 bits per heavy atom. The fourth-order valence-electron chi connectivity index (χ4n) is 0.275. The molecule has 0 aliphatic carbocycles. The molecule has 0 fully saturated rings. The first-order chi connectivity index (χ1) is 4.66. The quantitative estimate of drug-likeness (QED) is 0.475. The highest BCUT2D eigenvalue weighted by Crippen LogP contribution is 1.76. The fraction of sp³-hybridized carbons (Fsp3) is 0.500. The van der Waals surface area contributed by atoms with Crippen molar-refractivity contribution in [2.24, 2.45) is 0 Å². The van der Waals surface area contributed by atoms with Gasteiger partial charge in [0.15, 0.2) is 0 Å². The Morgan fingerprint density at radius 2 is 2.45 bits per heavy atom. The smallest absolute Gasteiger partial charge is 0.348 e. The zero-order chi connectivity index (χ0) is 7.98. The number of rotatable bonds is 4. The number of carbonyl (C=O) groups excluding carboxylic acids is 1. The predicted octanol–water partition coefficient (Wildman–Crippen LogP) is 0.0228. The maximum atomic E-state index is 10.3. The number of nitrogens with one attached hydrogen (secondary N) is 1. The number of hydrogen-bond acceptors (Lipinski definition) is 4. The summed E-state index contributed by atoms with van der Waals surface area (Å²) in [6.07, 6.45) is 0.507. The Balaban J connectivity index is 0. The topological polar surface area (TPSA) is 58.6 Å². The summed E-state index contributed by atoms with van der Waals surface area (Å²) in [6.45, 7) is 4.98. The minimum Gasteiger partial charge on any atom is -0.392 e. The molecule has 1 atom stereocenters. The number of carbonyl (C=O) groups is 1. The third kappa shape index (κ3) is 9.42. The van der Waals surface area contributed by atoms with Crippen molar-refractivity contribution in [3.8, 4) is 0 Å². The number of halogens is 1. The average Bonchev–Trinajstić information content (AvgIpc) is 1.87. The second kappa shape index (κ2) is 7.53. The van der Waals surface area contributed by atoms with Gasteiger partial charge in [-0.3, -0.25) is 0 Å². The zero-order valence-corrected chi connectivity index (χ0v) is 7.06. The summed E-state index contributed by atoms with van der Waals surface area (Å²) >= 11 is 0. The molecule has 0 amide bonds. The van der Waals surface area contributed by atoms with Crippen LogP contribution in [0.5, 0.6) is 0 Å². The van der Waals surface area contributed by atoms with Gasteiger partial charge in [-0.25, -0.2) is 4.79 Å². The summed E-state index contributed by atoms with van der Waals surface area (Å²) in [7, 11) is 0. The van der Waals surface area contributed by atoms with Gasteiger partial charge < -0.3 is 9.94 Å². The van der Waals surface area contributed by atoms with Gasteiger partial charge in [-0.15, -0.1) is 12.4 Å². The lowest BCUT2D eigenvalue weighted by molar-refractivity contribution is -0.145. The van der Waals surface area contributed by atoms with E-state index >= 15 is 0 Å². The van der Waals surface area contributed by atoms with Crippen molar-refractivity contribution >= 4 is 18.4 Å². The van der Waals surface area contributed by atoms with E-state index in [0.29, 0.717) is 0 Å². The zero-order valence-electron chi connectivity index (χ0n) is 6.24. The molecule has 11 heavy (non-hydrogen) atoms. The number of hydrogen-bond donors (Lipinski definition) is 2. The lowest BCUT2D eigenvalue weighted by Gasteiger charge is -2.04. The van der Waals surface area contributed by atoms with E-state index < -0.39 is 12.1 Å². The molecule has 0 heterocycles. The van der Waals surface area contributed by atoms with Crippen LogP contribution in [0.3, 0.4) is 0 Å². The van der Waals surface area contributed by atoms with E-state index in [2.05, 4.69) is 16.9 Å². The van der Waals surface area contributed by atoms with Crippen molar-refractivity contribution in [2.45, 2.75) is 13.0 Å². The average molecular weight is 182 g/mol. The van der Waals surface area contributed by atoms with Crippen LogP contribution in [0.15, 0.2) is 12.7 Å². The summed E-state index contributed by atoms with van der Waals surface area (Å²) in [5.41, 5.74) is 2.26. The number of hydroxylamine groups is 1. The lowest BCUT2D eigenvalue weighted by atomic mass is 10.4. The van der Waals surface area contributed by atoms with Gasteiger partial charge in [0, 0.05) is 6.08 Å². The van der Waals surface area contributed by atoms with Crippen LogP contribution in [-0.4, -0.2) is 23.7 Å². The second-order valence-corrected chi connectivity index (χ2v) is 1.82. The van der Waals surface area contributed by atoms with E-state index in [1.807, 2.05) is 0 Å². The van der Waals surface area contributed by atoms with Crippen LogP contribution in [0.1, 0.15) is 6.92 Å². The molecule has 0 aliphatic rings. The van der Waals surface area contributed by atoms with Crippen molar-refractivity contribution in [1.29, 1.82) is 0 Å². The molecule has 0 aliphatic heterocycles. The first kappa shape index (κ1) is 13.0. The maximum absolute atomic E-state index is 10.3. The monoisotopic (exact) mass is 181 g/mol. The highest BCUT2D eigenvalue weighted by Gasteiger charge is 1.96. The Labute approximate surface area is 71.6 Å². The minimum absolute atomic E-state index is 0. The van der Waals surface area contributed by atoms with Crippen LogP contribution < -0.4 is 5.48 Å². The Kier molecular flexibility index (Phi) is 8.92. The molecule has 2 N–H and O–H groups in total. The third-order valence-corrected chi connectivity index (χ3v) is 0.718. The van der Waals surface area contributed by atoms with Gasteiger partial charge >= 0.3 is 5.97 Å². The molecule has 0 spiro atoms. The Hall–Kier alpha value is -0.580. The summed E-state index contributed by atoms with van der Waals surface area (Å²) in [4.78, 5) is 14.6. The van der Waals surface area contributed by atoms with E-state index in [0.717, 1.165) is 6.08 Å². The molecular formula is C6H12ClNO3. The molecule has 0 saturated heterocycles. The molecule has 5 heteroatoms. The molecule has 0 aromatic carbocycles. The molecule has 0 aromatic rings. The highest BCUT2D eigenvalue weighted by molar-refractivity contribution is 5.85. The van der Waals surface area contributed by atoms with Gasteiger partial charge in [0.1, 0.15) is 0 Å². The van der Waals surface area contributed by atoms with E-state index in [-0.39, 0.29) is 19.0 Å². The third-order valence-electron chi connectivity index (χ3n) is 0.718. The fourth-order valence-corrected chi connectivity index (χ4v) is 0.275. The standard InChI is InChI=1S/C6H11NO3.ClH/c1-3-6(9)10-7-4-5(2)8;/h3,5,7-8H,1,4H2,2H3;1H. The van der Waals surface area contributed by atoms with Crippen LogP contribution in [0.25, 0.3) is 0 Å². The number of aliphatic hydroxyl groups is 1. The first-order valence-electron chi connectivity index (χ1n) is 2.91. The largest absolute Gasteiger partial charge is 0.392 e. The van der Waals surface area contributed by atoms with E-state index in [1.165, 1.54) is 0 Å². The van der Waals surface area contributed by atoms with Crippen LogP contribution >= 0.6 is 12.4 Å². The van der Waals surface area contributed by atoms with E-state index in [9.17, 15) is 4.79 Å². The summed E-state index contributed by atoms with van der Waals surface area (Å²) in [6, 6.07) is 0. The van der Waals surface area contributed by atoms with Gasteiger partial charge in [0.25, 0.3) is 0 Å². The van der Waals surface area contributed by atoms with Crippen molar-refractivity contribution in [3.63, 3.8) is 0 Å². The summed E-state index contributed by atoms with van der Waals surface area (Å²) in [5, 5.41) is 8.66. The van der Waals surface area contributed by atoms with Gasteiger partial charge in [0.2, 0.25) is 0 Å². The molecule has 0 saturated carbocycles. The lowest BCUT2D eigenvalue weighted by Crippen LogP contribution is -2.26. The summed E-state index contributed by atoms with van der Waals surface area (Å²) in [5.74, 6) is -0.555. The maximum Gasteiger partial charge on any atom is 0.348 e. The highest BCUT2D eigenvalue weighted by atomic mass is 35.5. The first-order valence-corrected chi connectivity index (χ1v) is 2.91. The van der Waals surface area contributed by atoms with Crippen molar-refractivity contribution in [1.82, 2.24) is 5.48 Å².